The number of anilines is 1. The number of nitriles is 1. The minimum absolute atomic E-state index is 0.0488. The first-order chi connectivity index (χ1) is 16.0. The molecule has 4 rings (SSSR count). The summed E-state index contributed by atoms with van der Waals surface area (Å²) in [7, 11) is 0. The summed E-state index contributed by atoms with van der Waals surface area (Å²) >= 11 is 0. The molecule has 8 heteroatoms. The van der Waals surface area contributed by atoms with Gasteiger partial charge in [0.05, 0.1) is 23.6 Å². The van der Waals surface area contributed by atoms with Gasteiger partial charge in [0.2, 0.25) is 0 Å². The van der Waals surface area contributed by atoms with Crippen molar-refractivity contribution in [2.75, 3.05) is 11.9 Å². The fourth-order valence-electron chi connectivity index (χ4n) is 3.27. The zero-order valence-corrected chi connectivity index (χ0v) is 17.4. The number of esters is 1. The van der Waals surface area contributed by atoms with Crippen molar-refractivity contribution in [3.8, 4) is 6.07 Å². The number of carbonyl (C=O) groups is 2. The van der Waals surface area contributed by atoms with E-state index in [-0.39, 0.29) is 17.8 Å². The highest BCUT2D eigenvalue weighted by Crippen LogP contribution is 2.15. The number of ether oxygens (including phenoxy) is 1. The number of rotatable bonds is 6. The van der Waals surface area contributed by atoms with E-state index >= 15 is 0 Å². The Morgan fingerprint density at radius 2 is 1.61 bits per heavy atom. The smallest absolute Gasteiger partial charge is 0.359 e. The van der Waals surface area contributed by atoms with E-state index in [0.29, 0.717) is 22.0 Å². The average Bonchev–Trinajstić information content (AvgIpc) is 2.85. The molecule has 0 saturated carbocycles. The third-order valence-corrected chi connectivity index (χ3v) is 4.87. The van der Waals surface area contributed by atoms with Crippen molar-refractivity contribution in [3.63, 3.8) is 0 Å². The van der Waals surface area contributed by atoms with Crippen LogP contribution in [0.2, 0.25) is 0 Å². The molecule has 0 aliphatic carbocycles. The van der Waals surface area contributed by atoms with Gasteiger partial charge in [0.25, 0.3) is 11.5 Å². The molecule has 0 fully saturated rings. The van der Waals surface area contributed by atoms with E-state index in [1.54, 1.807) is 48.5 Å². The Morgan fingerprint density at radius 3 is 2.30 bits per heavy atom. The van der Waals surface area contributed by atoms with E-state index < -0.39 is 18.5 Å². The van der Waals surface area contributed by atoms with Gasteiger partial charge in [0, 0.05) is 11.1 Å². The van der Waals surface area contributed by atoms with Crippen LogP contribution in [0.1, 0.15) is 21.6 Å². The first-order valence-corrected chi connectivity index (χ1v) is 10.1. The third-order valence-electron chi connectivity index (χ3n) is 4.87. The maximum Gasteiger partial charge on any atom is 0.359 e. The summed E-state index contributed by atoms with van der Waals surface area (Å²) in [6.45, 7) is -0.351. The van der Waals surface area contributed by atoms with E-state index in [1.807, 2.05) is 36.4 Å². The Hall–Kier alpha value is -4.77. The van der Waals surface area contributed by atoms with Crippen molar-refractivity contribution in [3.05, 3.63) is 106 Å². The van der Waals surface area contributed by atoms with Crippen molar-refractivity contribution < 1.29 is 14.3 Å². The molecule has 0 bridgehead atoms. The van der Waals surface area contributed by atoms with Crippen LogP contribution in [-0.4, -0.2) is 28.3 Å². The van der Waals surface area contributed by atoms with Crippen molar-refractivity contribution in [2.24, 2.45) is 0 Å². The fraction of sp³-hybridized carbons (Fsp3) is 0.0800. The molecular formula is C25H18N4O4. The first kappa shape index (κ1) is 21.5. The van der Waals surface area contributed by atoms with Crippen molar-refractivity contribution in [1.29, 1.82) is 5.26 Å². The SMILES string of the molecule is N#Cc1ccc(NC(=O)COC(=O)c2nn(Cc3ccccc3)c(=O)c3ccccc23)cc1. The Labute approximate surface area is 188 Å². The van der Waals surface area contributed by atoms with Crippen LogP contribution in [0.15, 0.2) is 83.7 Å². The molecule has 1 amide bonds. The second-order valence-corrected chi connectivity index (χ2v) is 7.16. The molecule has 1 aromatic heterocycles. The predicted molar refractivity (Wildman–Crippen MR) is 122 cm³/mol. The van der Waals surface area contributed by atoms with Crippen LogP contribution < -0.4 is 10.9 Å². The lowest BCUT2D eigenvalue weighted by Crippen LogP contribution is -2.28. The number of nitrogens with one attached hydrogen (secondary N) is 1. The molecule has 1 N–H and O–H groups in total. The largest absolute Gasteiger partial charge is 0.451 e. The highest BCUT2D eigenvalue weighted by molar-refractivity contribution is 6.03. The number of hydrogen-bond acceptors (Lipinski definition) is 6. The molecule has 0 unspecified atom stereocenters. The quantitative estimate of drug-likeness (QED) is 0.463. The van der Waals surface area contributed by atoms with Gasteiger partial charge in [0.15, 0.2) is 12.3 Å². The predicted octanol–water partition coefficient (Wildman–Crippen LogP) is 3.11. The average molecular weight is 438 g/mol. The first-order valence-electron chi connectivity index (χ1n) is 10.1. The van der Waals surface area contributed by atoms with Crippen LogP contribution in [0, 0.1) is 11.3 Å². The highest BCUT2D eigenvalue weighted by Gasteiger charge is 2.19. The van der Waals surface area contributed by atoms with Gasteiger partial charge in [-0.15, -0.1) is 0 Å². The molecule has 0 aliphatic rings. The highest BCUT2D eigenvalue weighted by atomic mass is 16.5. The summed E-state index contributed by atoms with van der Waals surface area (Å²) in [5.74, 6) is -1.36. The van der Waals surface area contributed by atoms with Gasteiger partial charge in [-0.25, -0.2) is 9.48 Å². The third kappa shape index (κ3) is 4.94. The molecule has 4 aromatic rings. The van der Waals surface area contributed by atoms with Crippen LogP contribution in [0.4, 0.5) is 5.69 Å². The fourth-order valence-corrected chi connectivity index (χ4v) is 3.27. The number of benzene rings is 3. The minimum Gasteiger partial charge on any atom is -0.451 e. The minimum atomic E-state index is -0.817. The van der Waals surface area contributed by atoms with Crippen molar-refractivity contribution >= 4 is 28.3 Å². The lowest BCUT2D eigenvalue weighted by atomic mass is 10.1. The van der Waals surface area contributed by atoms with E-state index in [0.717, 1.165) is 5.56 Å². The molecule has 162 valence electrons. The summed E-state index contributed by atoms with van der Waals surface area (Å²) in [5, 5.41) is 16.4. The van der Waals surface area contributed by atoms with E-state index in [9.17, 15) is 14.4 Å². The molecule has 0 aliphatic heterocycles. The van der Waals surface area contributed by atoms with Crippen LogP contribution >= 0.6 is 0 Å². The van der Waals surface area contributed by atoms with Gasteiger partial charge in [-0.1, -0.05) is 48.5 Å². The van der Waals surface area contributed by atoms with Gasteiger partial charge < -0.3 is 10.1 Å². The molecule has 0 atom stereocenters. The Morgan fingerprint density at radius 1 is 0.939 bits per heavy atom. The monoisotopic (exact) mass is 438 g/mol. The molecule has 3 aromatic carbocycles. The van der Waals surface area contributed by atoms with Gasteiger partial charge in [-0.2, -0.15) is 10.4 Å². The van der Waals surface area contributed by atoms with Crippen LogP contribution in [-0.2, 0) is 16.1 Å². The summed E-state index contributed by atoms with van der Waals surface area (Å²) in [5.41, 5.74) is 1.40. The number of hydrogen-bond donors (Lipinski definition) is 1. The van der Waals surface area contributed by atoms with Gasteiger partial charge >= 0.3 is 5.97 Å². The van der Waals surface area contributed by atoms with Crippen molar-refractivity contribution in [1.82, 2.24) is 9.78 Å². The molecule has 1 heterocycles. The maximum atomic E-state index is 12.9. The number of fused-ring (bicyclic) bond motifs is 1. The van der Waals surface area contributed by atoms with Crippen LogP contribution in [0.5, 0.6) is 0 Å². The topological polar surface area (TPSA) is 114 Å². The zero-order chi connectivity index (χ0) is 23.2. The molecule has 0 radical (unpaired) electrons. The summed E-state index contributed by atoms with van der Waals surface area (Å²) in [6, 6.07) is 24.2. The second-order valence-electron chi connectivity index (χ2n) is 7.16. The number of nitrogens with zero attached hydrogens (tertiary/aromatic N) is 3. The lowest BCUT2D eigenvalue weighted by molar-refractivity contribution is -0.119. The zero-order valence-electron chi connectivity index (χ0n) is 17.4. The number of carbonyl (C=O) groups excluding carboxylic acids is 2. The Balaban J connectivity index is 1.54. The molecule has 8 nitrogen and oxygen atoms in total. The summed E-state index contributed by atoms with van der Waals surface area (Å²) in [4.78, 5) is 37.9. The number of aromatic nitrogens is 2. The molecule has 0 spiro atoms. The van der Waals surface area contributed by atoms with E-state index in [4.69, 9.17) is 10.00 Å². The molecule has 33 heavy (non-hydrogen) atoms. The van der Waals surface area contributed by atoms with E-state index in [2.05, 4.69) is 10.4 Å². The molecule has 0 saturated heterocycles. The normalized spacial score (nSPS) is 10.4. The van der Waals surface area contributed by atoms with Gasteiger partial charge in [-0.3, -0.25) is 9.59 Å². The van der Waals surface area contributed by atoms with Gasteiger partial charge in [0.1, 0.15) is 0 Å². The Bertz CT molecular complexity index is 1420. The summed E-state index contributed by atoms with van der Waals surface area (Å²) < 4.78 is 6.39. The lowest BCUT2D eigenvalue weighted by Gasteiger charge is -2.11. The standard InChI is InChI=1S/C25H18N4O4/c26-14-17-10-12-19(13-11-17)27-22(30)16-33-25(32)23-20-8-4-5-9-21(20)24(31)29(28-23)15-18-6-2-1-3-7-18/h1-13H,15-16H2,(H,27,30). The van der Waals surface area contributed by atoms with E-state index in [1.165, 1.54) is 4.68 Å². The molecular weight excluding hydrogens is 420 g/mol. The van der Waals surface area contributed by atoms with Crippen molar-refractivity contribution in [2.45, 2.75) is 6.54 Å². The number of amides is 1. The van der Waals surface area contributed by atoms with Crippen LogP contribution in [0.3, 0.4) is 0 Å². The summed E-state index contributed by atoms with van der Waals surface area (Å²) in [6.07, 6.45) is 0. The van der Waals surface area contributed by atoms with Crippen LogP contribution in [0.25, 0.3) is 10.8 Å². The maximum absolute atomic E-state index is 12.9. The second kappa shape index (κ2) is 9.58. The Kier molecular flexibility index (Phi) is 6.23. The van der Waals surface area contributed by atoms with Gasteiger partial charge in [-0.05, 0) is 35.9 Å².